The van der Waals surface area contributed by atoms with E-state index in [1.807, 2.05) is 6.07 Å². The maximum Gasteiger partial charge on any atom is 0.0408 e. The van der Waals surface area contributed by atoms with E-state index < -0.39 is 0 Å². The van der Waals surface area contributed by atoms with Crippen LogP contribution in [0.4, 0.5) is 0 Å². The quantitative estimate of drug-likeness (QED) is 0.846. The van der Waals surface area contributed by atoms with Gasteiger partial charge in [-0.2, -0.15) is 0 Å². The lowest BCUT2D eigenvalue weighted by Gasteiger charge is -2.40. The van der Waals surface area contributed by atoms with Crippen molar-refractivity contribution in [1.82, 2.24) is 10.2 Å². The summed E-state index contributed by atoms with van der Waals surface area (Å²) in [5, 5.41) is 4.41. The highest BCUT2D eigenvalue weighted by Crippen LogP contribution is 2.31. The van der Waals surface area contributed by atoms with E-state index >= 15 is 0 Å². The van der Waals surface area contributed by atoms with Crippen molar-refractivity contribution in [3.63, 3.8) is 0 Å². The van der Waals surface area contributed by atoms with Crippen LogP contribution in [0.3, 0.4) is 0 Å². The third kappa shape index (κ3) is 3.80. The average Bonchev–Trinajstić information content (AvgIpc) is 2.39. The molecule has 20 heavy (non-hydrogen) atoms. The fourth-order valence-corrected chi connectivity index (χ4v) is 3.63. The highest BCUT2D eigenvalue weighted by atomic mass is 35.5. The Kier molecular flexibility index (Phi) is 7.10. The number of piperazine rings is 1. The molecule has 0 bridgehead atoms. The Morgan fingerprint density at radius 2 is 2.05 bits per heavy atom. The SMILES string of the molecule is CN1CCNCC1C1CCc2cc(Cl)ccc2C1.Cl.Cl. The molecule has 1 fully saturated rings. The summed E-state index contributed by atoms with van der Waals surface area (Å²) in [7, 11) is 2.27. The zero-order valence-corrected chi connectivity index (χ0v) is 14.2. The number of benzene rings is 1. The first-order chi connectivity index (χ1) is 8.74. The van der Waals surface area contributed by atoms with Crippen molar-refractivity contribution in [1.29, 1.82) is 0 Å². The van der Waals surface area contributed by atoms with E-state index in [4.69, 9.17) is 11.6 Å². The zero-order valence-electron chi connectivity index (χ0n) is 11.8. The Balaban J connectivity index is 0.000001000. The van der Waals surface area contributed by atoms with Crippen LogP contribution >= 0.6 is 36.4 Å². The molecule has 1 aliphatic carbocycles. The van der Waals surface area contributed by atoms with E-state index in [1.165, 1.54) is 36.9 Å². The number of nitrogens with one attached hydrogen (secondary N) is 1. The molecule has 0 aromatic heterocycles. The predicted molar refractivity (Wildman–Crippen MR) is 90.8 cm³/mol. The van der Waals surface area contributed by atoms with Crippen molar-refractivity contribution in [2.75, 3.05) is 26.7 Å². The second-order valence-corrected chi connectivity index (χ2v) is 6.10. The van der Waals surface area contributed by atoms with Crippen molar-refractivity contribution < 1.29 is 0 Å². The number of nitrogens with zero attached hydrogens (tertiary/aromatic N) is 1. The summed E-state index contributed by atoms with van der Waals surface area (Å²) in [5.74, 6) is 0.788. The van der Waals surface area contributed by atoms with Crippen LogP contribution in [0.2, 0.25) is 5.02 Å². The van der Waals surface area contributed by atoms with E-state index in [-0.39, 0.29) is 24.8 Å². The molecule has 5 heteroatoms. The maximum absolute atomic E-state index is 6.07. The summed E-state index contributed by atoms with van der Waals surface area (Å²) in [4.78, 5) is 2.53. The lowest BCUT2D eigenvalue weighted by molar-refractivity contribution is 0.133. The Labute approximate surface area is 139 Å². The number of likely N-dealkylation sites (N-methyl/N-ethyl adjacent to an activating group) is 1. The van der Waals surface area contributed by atoms with E-state index in [0.29, 0.717) is 6.04 Å². The first-order valence-electron chi connectivity index (χ1n) is 6.92. The van der Waals surface area contributed by atoms with Gasteiger partial charge in [-0.1, -0.05) is 17.7 Å². The van der Waals surface area contributed by atoms with Crippen molar-refractivity contribution >= 4 is 36.4 Å². The van der Waals surface area contributed by atoms with Gasteiger partial charge in [0.25, 0.3) is 0 Å². The van der Waals surface area contributed by atoms with Crippen LogP contribution in [0.15, 0.2) is 18.2 Å². The van der Waals surface area contributed by atoms with Gasteiger partial charge >= 0.3 is 0 Å². The standard InChI is InChI=1S/C15H21ClN2.2ClH/c1-18-7-6-17-10-15(18)13-3-2-12-9-14(16)5-4-11(12)8-13;;/h4-5,9,13,15,17H,2-3,6-8,10H2,1H3;2*1H. The van der Waals surface area contributed by atoms with Gasteiger partial charge in [-0.15, -0.1) is 24.8 Å². The summed E-state index contributed by atoms with van der Waals surface area (Å²) in [6.45, 7) is 3.45. The number of halogens is 3. The third-order valence-corrected chi connectivity index (χ3v) is 4.78. The number of hydrogen-bond donors (Lipinski definition) is 1. The second kappa shape index (κ2) is 7.86. The minimum absolute atomic E-state index is 0. The molecule has 114 valence electrons. The molecular formula is C15H23Cl3N2. The largest absolute Gasteiger partial charge is 0.314 e. The molecule has 0 amide bonds. The van der Waals surface area contributed by atoms with Gasteiger partial charge in [-0.3, -0.25) is 0 Å². The normalized spacial score (nSPS) is 26.1. The fraction of sp³-hybridized carbons (Fsp3) is 0.600. The first-order valence-corrected chi connectivity index (χ1v) is 7.30. The van der Waals surface area contributed by atoms with Crippen LogP contribution in [-0.2, 0) is 12.8 Å². The molecular weight excluding hydrogens is 315 g/mol. The van der Waals surface area contributed by atoms with Crippen LogP contribution < -0.4 is 5.32 Å². The van der Waals surface area contributed by atoms with Crippen LogP contribution in [-0.4, -0.2) is 37.6 Å². The molecule has 0 spiro atoms. The van der Waals surface area contributed by atoms with Gasteiger partial charge in [-0.25, -0.2) is 0 Å². The highest BCUT2D eigenvalue weighted by Gasteiger charge is 2.30. The van der Waals surface area contributed by atoms with E-state index in [9.17, 15) is 0 Å². The van der Waals surface area contributed by atoms with Crippen molar-refractivity contribution in [3.8, 4) is 0 Å². The van der Waals surface area contributed by atoms with Gasteiger partial charge in [0.2, 0.25) is 0 Å². The van der Waals surface area contributed by atoms with E-state index in [1.54, 1.807) is 0 Å². The minimum atomic E-state index is 0. The Hall–Kier alpha value is 0.01000. The molecule has 0 saturated carbocycles. The van der Waals surface area contributed by atoms with Crippen molar-refractivity contribution in [2.45, 2.75) is 25.3 Å². The summed E-state index contributed by atoms with van der Waals surface area (Å²) in [5.41, 5.74) is 2.97. The number of aryl methyl sites for hydroxylation is 1. The molecule has 2 aliphatic rings. The summed E-state index contributed by atoms with van der Waals surface area (Å²) in [6, 6.07) is 7.10. The molecule has 1 aromatic carbocycles. The van der Waals surface area contributed by atoms with Gasteiger partial charge in [0, 0.05) is 30.7 Å². The molecule has 2 nitrogen and oxygen atoms in total. The lowest BCUT2D eigenvalue weighted by atomic mass is 9.79. The third-order valence-electron chi connectivity index (χ3n) is 4.54. The van der Waals surface area contributed by atoms with Gasteiger partial charge in [0.05, 0.1) is 0 Å². The molecule has 1 saturated heterocycles. The van der Waals surface area contributed by atoms with Crippen LogP contribution in [0, 0.1) is 5.92 Å². The number of hydrogen-bond acceptors (Lipinski definition) is 2. The van der Waals surface area contributed by atoms with Gasteiger partial charge in [-0.05, 0) is 55.5 Å². The van der Waals surface area contributed by atoms with Crippen LogP contribution in [0.25, 0.3) is 0 Å². The number of fused-ring (bicyclic) bond motifs is 1. The number of rotatable bonds is 1. The molecule has 2 unspecified atom stereocenters. The summed E-state index contributed by atoms with van der Waals surface area (Å²) < 4.78 is 0. The lowest BCUT2D eigenvalue weighted by Crippen LogP contribution is -2.53. The minimum Gasteiger partial charge on any atom is -0.314 e. The Morgan fingerprint density at radius 1 is 1.25 bits per heavy atom. The molecule has 3 rings (SSSR count). The molecule has 0 radical (unpaired) electrons. The average molecular weight is 338 g/mol. The van der Waals surface area contributed by atoms with Crippen LogP contribution in [0.5, 0.6) is 0 Å². The molecule has 1 N–H and O–H groups in total. The van der Waals surface area contributed by atoms with Gasteiger partial charge < -0.3 is 10.2 Å². The van der Waals surface area contributed by atoms with Gasteiger partial charge in [0.15, 0.2) is 0 Å². The van der Waals surface area contributed by atoms with Gasteiger partial charge in [0.1, 0.15) is 0 Å². The topological polar surface area (TPSA) is 15.3 Å². The fourth-order valence-electron chi connectivity index (χ4n) is 3.43. The van der Waals surface area contributed by atoms with E-state index in [0.717, 1.165) is 24.0 Å². The monoisotopic (exact) mass is 336 g/mol. The summed E-state index contributed by atoms with van der Waals surface area (Å²) in [6.07, 6.45) is 3.69. The Bertz CT molecular complexity index is 439. The maximum atomic E-state index is 6.07. The molecule has 1 heterocycles. The second-order valence-electron chi connectivity index (χ2n) is 5.67. The van der Waals surface area contributed by atoms with E-state index in [2.05, 4.69) is 29.4 Å². The molecule has 1 aromatic rings. The van der Waals surface area contributed by atoms with Crippen LogP contribution in [0.1, 0.15) is 17.5 Å². The highest BCUT2D eigenvalue weighted by molar-refractivity contribution is 6.30. The van der Waals surface area contributed by atoms with Crippen molar-refractivity contribution in [3.05, 3.63) is 34.3 Å². The first kappa shape index (κ1) is 18.1. The van der Waals surface area contributed by atoms with Crippen molar-refractivity contribution in [2.24, 2.45) is 5.92 Å². The summed E-state index contributed by atoms with van der Waals surface area (Å²) >= 11 is 6.07. The molecule has 1 aliphatic heterocycles. The Morgan fingerprint density at radius 3 is 2.80 bits per heavy atom. The molecule has 2 atom stereocenters. The zero-order chi connectivity index (χ0) is 12.5. The predicted octanol–water partition coefficient (Wildman–Crippen LogP) is 3.19. The smallest absolute Gasteiger partial charge is 0.0408 e.